The first-order valence-electron chi connectivity index (χ1n) is 6.46. The molecule has 19 heavy (non-hydrogen) atoms. The molecule has 1 atom stereocenters. The van der Waals surface area contributed by atoms with Gasteiger partial charge in [-0.3, -0.25) is 0 Å². The molecule has 2 N–H and O–H groups in total. The van der Waals surface area contributed by atoms with Crippen molar-refractivity contribution in [2.45, 2.75) is 13.0 Å². The summed E-state index contributed by atoms with van der Waals surface area (Å²) in [7, 11) is 0. The third-order valence-electron chi connectivity index (χ3n) is 2.85. The van der Waals surface area contributed by atoms with Gasteiger partial charge in [0.05, 0.1) is 0 Å². The molecule has 0 saturated carbocycles. The molecule has 0 saturated heterocycles. The van der Waals surface area contributed by atoms with Crippen LogP contribution in [0.15, 0.2) is 60.7 Å². The summed E-state index contributed by atoms with van der Waals surface area (Å²) >= 11 is 0. The van der Waals surface area contributed by atoms with Crippen LogP contribution in [0.25, 0.3) is 6.08 Å². The van der Waals surface area contributed by atoms with Crippen molar-refractivity contribution in [3.63, 3.8) is 0 Å². The van der Waals surface area contributed by atoms with Crippen molar-refractivity contribution in [1.29, 1.82) is 0 Å². The van der Waals surface area contributed by atoms with E-state index in [-0.39, 0.29) is 6.04 Å². The Morgan fingerprint density at radius 2 is 1.74 bits per heavy atom. The molecule has 98 valence electrons. The standard InChI is InChI=1S/C17H19NO/c1-14(18)16-11-5-6-12-17(16)19-13-7-10-15-8-3-2-4-9-15/h2-12,14H,13,18H2,1H3/b10-7+. The monoisotopic (exact) mass is 253 g/mol. The Bertz CT molecular complexity index is 532. The van der Waals surface area contributed by atoms with Crippen LogP contribution >= 0.6 is 0 Å². The largest absolute Gasteiger partial charge is 0.489 e. The predicted octanol–water partition coefficient (Wildman–Crippen LogP) is 3.80. The van der Waals surface area contributed by atoms with Crippen LogP contribution in [0.1, 0.15) is 24.1 Å². The molecule has 0 heterocycles. The molecule has 0 aromatic heterocycles. The van der Waals surface area contributed by atoms with E-state index in [1.807, 2.05) is 55.5 Å². The first kappa shape index (κ1) is 13.4. The van der Waals surface area contributed by atoms with Gasteiger partial charge in [0.1, 0.15) is 12.4 Å². The highest BCUT2D eigenvalue weighted by atomic mass is 16.5. The highest BCUT2D eigenvalue weighted by Crippen LogP contribution is 2.23. The zero-order chi connectivity index (χ0) is 13.5. The van der Waals surface area contributed by atoms with Gasteiger partial charge in [-0.15, -0.1) is 0 Å². The molecule has 2 aromatic carbocycles. The van der Waals surface area contributed by atoms with Gasteiger partial charge in [-0.25, -0.2) is 0 Å². The Labute approximate surface area is 114 Å². The van der Waals surface area contributed by atoms with Crippen LogP contribution in [-0.2, 0) is 0 Å². The van der Waals surface area contributed by atoms with Crippen molar-refractivity contribution in [2.75, 3.05) is 6.61 Å². The summed E-state index contributed by atoms with van der Waals surface area (Å²) in [6, 6.07) is 18.0. The van der Waals surface area contributed by atoms with Gasteiger partial charge in [-0.05, 0) is 24.6 Å². The number of hydrogen-bond acceptors (Lipinski definition) is 2. The van der Waals surface area contributed by atoms with Crippen LogP contribution in [0.5, 0.6) is 5.75 Å². The lowest BCUT2D eigenvalue weighted by Gasteiger charge is -2.12. The number of ether oxygens (including phenoxy) is 1. The van der Waals surface area contributed by atoms with Gasteiger partial charge in [0, 0.05) is 11.6 Å². The van der Waals surface area contributed by atoms with Crippen molar-refractivity contribution in [3.05, 3.63) is 71.8 Å². The smallest absolute Gasteiger partial charge is 0.124 e. The van der Waals surface area contributed by atoms with Gasteiger partial charge < -0.3 is 10.5 Å². The number of rotatable bonds is 5. The number of hydrogen-bond donors (Lipinski definition) is 1. The van der Waals surface area contributed by atoms with Crippen LogP contribution in [0.2, 0.25) is 0 Å². The molecule has 0 aliphatic carbocycles. The summed E-state index contributed by atoms with van der Waals surface area (Å²) in [5, 5.41) is 0. The van der Waals surface area contributed by atoms with E-state index in [4.69, 9.17) is 10.5 Å². The van der Waals surface area contributed by atoms with Crippen molar-refractivity contribution in [1.82, 2.24) is 0 Å². The van der Waals surface area contributed by atoms with Gasteiger partial charge in [0.15, 0.2) is 0 Å². The van der Waals surface area contributed by atoms with Gasteiger partial charge in [0.2, 0.25) is 0 Å². The lowest BCUT2D eigenvalue weighted by Crippen LogP contribution is -2.07. The van der Waals surface area contributed by atoms with Crippen molar-refractivity contribution >= 4 is 6.08 Å². The topological polar surface area (TPSA) is 35.2 Å². The molecule has 2 nitrogen and oxygen atoms in total. The summed E-state index contributed by atoms with van der Waals surface area (Å²) in [5.41, 5.74) is 8.12. The maximum atomic E-state index is 5.91. The van der Waals surface area contributed by atoms with Crippen molar-refractivity contribution in [3.8, 4) is 5.75 Å². The van der Waals surface area contributed by atoms with Crippen LogP contribution in [-0.4, -0.2) is 6.61 Å². The second-order valence-electron chi connectivity index (χ2n) is 4.45. The first-order chi connectivity index (χ1) is 9.27. The van der Waals surface area contributed by atoms with E-state index in [0.717, 1.165) is 11.3 Å². The van der Waals surface area contributed by atoms with Gasteiger partial charge in [0.25, 0.3) is 0 Å². The normalized spacial score (nSPS) is 12.5. The van der Waals surface area contributed by atoms with Crippen LogP contribution < -0.4 is 10.5 Å². The average molecular weight is 253 g/mol. The summed E-state index contributed by atoms with van der Waals surface area (Å²) < 4.78 is 5.75. The second-order valence-corrected chi connectivity index (χ2v) is 4.45. The molecule has 0 amide bonds. The summed E-state index contributed by atoms with van der Waals surface area (Å²) in [4.78, 5) is 0. The zero-order valence-electron chi connectivity index (χ0n) is 11.1. The number of para-hydroxylation sites is 1. The summed E-state index contributed by atoms with van der Waals surface area (Å²) in [6.45, 7) is 2.50. The molecule has 0 aliphatic heterocycles. The Kier molecular flexibility index (Phi) is 4.76. The maximum Gasteiger partial charge on any atom is 0.124 e. The van der Waals surface area contributed by atoms with E-state index in [9.17, 15) is 0 Å². The molecule has 0 aliphatic rings. The Hall–Kier alpha value is -2.06. The number of benzene rings is 2. The minimum absolute atomic E-state index is 0.0192. The Balaban J connectivity index is 1.95. The first-order valence-corrected chi connectivity index (χ1v) is 6.46. The molecule has 2 heteroatoms. The minimum Gasteiger partial charge on any atom is -0.489 e. The van der Waals surface area contributed by atoms with Crippen LogP contribution in [0.4, 0.5) is 0 Å². The summed E-state index contributed by atoms with van der Waals surface area (Å²) in [6.07, 6.45) is 4.06. The second kappa shape index (κ2) is 6.76. The Morgan fingerprint density at radius 1 is 1.05 bits per heavy atom. The lowest BCUT2D eigenvalue weighted by atomic mass is 10.1. The van der Waals surface area contributed by atoms with Gasteiger partial charge in [-0.2, -0.15) is 0 Å². The fourth-order valence-corrected chi connectivity index (χ4v) is 1.87. The maximum absolute atomic E-state index is 5.91. The average Bonchev–Trinajstić information content (AvgIpc) is 2.45. The number of nitrogens with two attached hydrogens (primary N) is 1. The highest BCUT2D eigenvalue weighted by molar-refractivity contribution is 5.48. The predicted molar refractivity (Wildman–Crippen MR) is 80.0 cm³/mol. The van der Waals surface area contributed by atoms with E-state index in [2.05, 4.69) is 18.2 Å². The van der Waals surface area contributed by atoms with E-state index in [0.29, 0.717) is 6.61 Å². The molecule has 0 bridgehead atoms. The Morgan fingerprint density at radius 3 is 2.47 bits per heavy atom. The fraction of sp³-hybridized carbons (Fsp3) is 0.176. The van der Waals surface area contributed by atoms with Crippen molar-refractivity contribution in [2.24, 2.45) is 5.73 Å². The highest BCUT2D eigenvalue weighted by Gasteiger charge is 2.05. The molecule has 0 fully saturated rings. The van der Waals surface area contributed by atoms with Gasteiger partial charge >= 0.3 is 0 Å². The molecule has 2 rings (SSSR count). The molecule has 1 unspecified atom stereocenters. The molecule has 0 radical (unpaired) electrons. The lowest BCUT2D eigenvalue weighted by molar-refractivity contribution is 0.357. The third kappa shape index (κ3) is 3.97. The van der Waals surface area contributed by atoms with Crippen LogP contribution in [0, 0.1) is 0 Å². The van der Waals surface area contributed by atoms with E-state index in [1.54, 1.807) is 0 Å². The quantitative estimate of drug-likeness (QED) is 0.879. The van der Waals surface area contributed by atoms with Crippen LogP contribution in [0.3, 0.4) is 0 Å². The van der Waals surface area contributed by atoms with Crippen molar-refractivity contribution < 1.29 is 4.74 Å². The zero-order valence-corrected chi connectivity index (χ0v) is 11.1. The minimum atomic E-state index is -0.0192. The molecular formula is C17H19NO. The fourth-order valence-electron chi connectivity index (χ4n) is 1.87. The van der Waals surface area contributed by atoms with E-state index < -0.39 is 0 Å². The van der Waals surface area contributed by atoms with Gasteiger partial charge in [-0.1, -0.05) is 54.6 Å². The third-order valence-corrected chi connectivity index (χ3v) is 2.85. The SMILES string of the molecule is CC(N)c1ccccc1OC/C=C/c1ccccc1. The molecular weight excluding hydrogens is 234 g/mol. The molecule has 2 aromatic rings. The van der Waals surface area contributed by atoms with E-state index in [1.165, 1.54) is 5.56 Å². The summed E-state index contributed by atoms with van der Waals surface area (Å²) in [5.74, 6) is 0.857. The van der Waals surface area contributed by atoms with E-state index >= 15 is 0 Å². The molecule has 0 spiro atoms.